The lowest BCUT2D eigenvalue weighted by Crippen LogP contribution is -2.62. The number of hydrogen-bond acceptors (Lipinski definition) is 2. The Hall–Kier alpha value is -1.16. The Labute approximate surface area is 212 Å². The van der Waals surface area contributed by atoms with Crippen molar-refractivity contribution in [3.8, 4) is 0 Å². The van der Waals surface area contributed by atoms with Gasteiger partial charge in [-0.05, 0) is 19.8 Å². The highest BCUT2D eigenvalue weighted by Crippen LogP contribution is 2.20. The van der Waals surface area contributed by atoms with Crippen molar-refractivity contribution in [1.29, 1.82) is 0 Å². The van der Waals surface area contributed by atoms with E-state index in [1.165, 1.54) is 109 Å². The topological polar surface area (TPSA) is 41.5 Å². The van der Waals surface area contributed by atoms with Gasteiger partial charge in [0, 0.05) is 19.9 Å². The van der Waals surface area contributed by atoms with Crippen molar-refractivity contribution < 1.29 is 9.28 Å². The van der Waals surface area contributed by atoms with E-state index in [-0.39, 0.29) is 12.1 Å². The molecule has 0 saturated heterocycles. The number of quaternary nitrogens is 1. The summed E-state index contributed by atoms with van der Waals surface area (Å²) < 4.78 is 0.773. The third-order valence-corrected chi connectivity index (χ3v) is 7.69. The maximum Gasteiger partial charge on any atom is 0.224 e. The maximum absolute atomic E-state index is 11.5. The van der Waals surface area contributed by atoms with Crippen LogP contribution in [-0.4, -0.2) is 42.0 Å². The summed E-state index contributed by atoms with van der Waals surface area (Å²) in [6.45, 7) is 11.0. The third-order valence-electron chi connectivity index (χ3n) is 7.69. The second-order valence-corrected chi connectivity index (χ2v) is 10.5. The lowest BCUT2D eigenvalue weighted by Gasteiger charge is -2.38. The number of nitrogens with zero attached hydrogens (tertiary/aromatic N) is 2. The molecule has 198 valence electrons. The fourth-order valence-electron chi connectivity index (χ4n) is 5.38. The Morgan fingerprint density at radius 2 is 1.32 bits per heavy atom. The fraction of sp³-hybridized carbons (Fsp3) is 0.867. The number of likely N-dealkylation sites (N-methyl/N-ethyl adjacent to an activating group) is 1. The summed E-state index contributed by atoms with van der Waals surface area (Å²) in [7, 11) is 0. The zero-order valence-electron chi connectivity index (χ0n) is 23.4. The van der Waals surface area contributed by atoms with Crippen LogP contribution in [-0.2, 0) is 4.79 Å². The SMILES string of the molecule is CCCCCCCCCCCCCCCCCCC/C=C/C1=NCC[N+]1(CC)C(C)NC(C)=O. The van der Waals surface area contributed by atoms with Crippen LogP contribution in [0.3, 0.4) is 0 Å². The van der Waals surface area contributed by atoms with Crippen molar-refractivity contribution in [2.75, 3.05) is 19.6 Å². The maximum atomic E-state index is 11.5. The summed E-state index contributed by atoms with van der Waals surface area (Å²) in [6, 6.07) is 0. The Balaban J connectivity index is 1.98. The molecule has 0 aromatic heterocycles. The molecule has 1 amide bonds. The molecule has 4 heteroatoms. The van der Waals surface area contributed by atoms with Crippen LogP contribution in [0, 0.1) is 0 Å². The second kappa shape index (κ2) is 20.1. The first-order chi connectivity index (χ1) is 16.6. The number of nitrogens with one attached hydrogen (secondary N) is 1. The summed E-state index contributed by atoms with van der Waals surface area (Å²) in [5.74, 6) is 1.17. The second-order valence-electron chi connectivity index (χ2n) is 10.5. The van der Waals surface area contributed by atoms with E-state index in [0.717, 1.165) is 36.4 Å². The van der Waals surface area contributed by atoms with E-state index >= 15 is 0 Å². The van der Waals surface area contributed by atoms with Crippen molar-refractivity contribution in [2.24, 2.45) is 4.99 Å². The molecule has 1 aliphatic heterocycles. The van der Waals surface area contributed by atoms with Crippen LogP contribution in [0.1, 0.15) is 143 Å². The summed E-state index contributed by atoms with van der Waals surface area (Å²) >= 11 is 0. The predicted molar refractivity (Wildman–Crippen MR) is 149 cm³/mol. The zero-order chi connectivity index (χ0) is 24.9. The highest BCUT2D eigenvalue weighted by molar-refractivity contribution is 5.88. The number of amidine groups is 1. The van der Waals surface area contributed by atoms with Crippen LogP contribution in [0.2, 0.25) is 0 Å². The molecule has 0 fully saturated rings. The van der Waals surface area contributed by atoms with Crippen LogP contribution in [0.5, 0.6) is 0 Å². The largest absolute Gasteiger partial charge is 0.307 e. The fourth-order valence-corrected chi connectivity index (χ4v) is 5.38. The van der Waals surface area contributed by atoms with Crippen molar-refractivity contribution in [3.05, 3.63) is 12.2 Å². The molecule has 0 radical (unpaired) electrons. The van der Waals surface area contributed by atoms with Gasteiger partial charge >= 0.3 is 0 Å². The first-order valence-electron chi connectivity index (χ1n) is 14.9. The van der Waals surface area contributed by atoms with Gasteiger partial charge in [-0.2, -0.15) is 0 Å². The average Bonchev–Trinajstić information content (AvgIpc) is 3.24. The van der Waals surface area contributed by atoms with Gasteiger partial charge in [0.15, 0.2) is 6.17 Å². The molecule has 0 aliphatic carbocycles. The number of amides is 1. The summed E-state index contributed by atoms with van der Waals surface area (Å²) in [5, 5.41) is 3.09. The van der Waals surface area contributed by atoms with E-state index < -0.39 is 0 Å². The van der Waals surface area contributed by atoms with Crippen LogP contribution in [0.4, 0.5) is 0 Å². The molecular weight excluding hydrogens is 418 g/mol. The van der Waals surface area contributed by atoms with Gasteiger partial charge in [0.05, 0.1) is 13.1 Å². The van der Waals surface area contributed by atoms with Crippen molar-refractivity contribution in [3.63, 3.8) is 0 Å². The van der Waals surface area contributed by atoms with Gasteiger partial charge in [0.1, 0.15) is 6.54 Å². The normalized spacial score (nSPS) is 19.0. The molecule has 2 atom stereocenters. The third kappa shape index (κ3) is 13.1. The first kappa shape index (κ1) is 30.9. The Bertz CT molecular complexity index is 571. The monoisotopic (exact) mass is 476 g/mol. The standard InChI is InChI=1S/C30H57N3O/c1-5-7-8-9-10-11-12-13-14-15-16-17-18-19-20-21-22-23-24-25-30-31-26-27-33(30,6-2)28(3)32-29(4)34/h24-25,28H,5-23,26-27H2,1-4H3/p+1/b25-24+. The van der Waals surface area contributed by atoms with E-state index in [4.69, 9.17) is 4.99 Å². The minimum absolute atomic E-state index is 0.0391. The van der Waals surface area contributed by atoms with Gasteiger partial charge in [-0.3, -0.25) is 9.28 Å². The van der Waals surface area contributed by atoms with Crippen LogP contribution in [0.15, 0.2) is 17.1 Å². The zero-order valence-corrected chi connectivity index (χ0v) is 23.4. The molecule has 1 aliphatic rings. The molecule has 0 spiro atoms. The molecule has 1 heterocycles. The van der Waals surface area contributed by atoms with Gasteiger partial charge < -0.3 is 5.32 Å². The Morgan fingerprint density at radius 1 is 0.853 bits per heavy atom. The number of allylic oxidation sites excluding steroid dienone is 1. The minimum Gasteiger partial charge on any atom is -0.307 e. The van der Waals surface area contributed by atoms with E-state index in [1.807, 2.05) is 0 Å². The molecule has 0 saturated carbocycles. The number of hydrogen-bond donors (Lipinski definition) is 1. The number of carbonyl (C=O) groups excluding carboxylic acids is 1. The van der Waals surface area contributed by atoms with E-state index in [2.05, 4.69) is 38.2 Å². The predicted octanol–water partition coefficient (Wildman–Crippen LogP) is 8.32. The summed E-state index contributed by atoms with van der Waals surface area (Å²) in [5.41, 5.74) is 0. The van der Waals surface area contributed by atoms with E-state index in [0.29, 0.717) is 0 Å². The Kier molecular flexibility index (Phi) is 18.2. The highest BCUT2D eigenvalue weighted by atomic mass is 16.1. The smallest absolute Gasteiger partial charge is 0.224 e. The van der Waals surface area contributed by atoms with Gasteiger partial charge in [0.2, 0.25) is 11.7 Å². The van der Waals surface area contributed by atoms with Gasteiger partial charge in [-0.1, -0.05) is 116 Å². The molecule has 34 heavy (non-hydrogen) atoms. The molecule has 1 N–H and O–H groups in total. The quantitative estimate of drug-likeness (QED) is 0.124. The van der Waals surface area contributed by atoms with Gasteiger partial charge in [-0.15, -0.1) is 0 Å². The molecule has 0 aromatic carbocycles. The first-order valence-corrected chi connectivity index (χ1v) is 14.9. The molecular formula is C30H58N3O+. The molecule has 0 bridgehead atoms. The van der Waals surface area contributed by atoms with E-state index in [9.17, 15) is 4.79 Å². The number of carbonyl (C=O) groups is 1. The molecule has 4 nitrogen and oxygen atoms in total. The number of rotatable bonds is 22. The van der Waals surface area contributed by atoms with Gasteiger partial charge in [0.25, 0.3) is 0 Å². The molecule has 1 rings (SSSR count). The number of unbranched alkanes of at least 4 members (excludes halogenated alkanes) is 17. The molecule has 0 aromatic rings. The van der Waals surface area contributed by atoms with E-state index in [1.54, 1.807) is 6.92 Å². The van der Waals surface area contributed by atoms with Crippen LogP contribution in [0.25, 0.3) is 0 Å². The summed E-state index contributed by atoms with van der Waals surface area (Å²) in [4.78, 5) is 16.3. The highest BCUT2D eigenvalue weighted by Gasteiger charge is 2.40. The van der Waals surface area contributed by atoms with Crippen molar-refractivity contribution in [2.45, 2.75) is 149 Å². The van der Waals surface area contributed by atoms with Crippen LogP contribution >= 0.6 is 0 Å². The Morgan fingerprint density at radius 3 is 1.76 bits per heavy atom. The van der Waals surface area contributed by atoms with Crippen LogP contribution < -0.4 is 5.32 Å². The van der Waals surface area contributed by atoms with Gasteiger partial charge in [-0.25, -0.2) is 4.99 Å². The molecule has 2 unspecified atom stereocenters. The average molecular weight is 477 g/mol. The lowest BCUT2D eigenvalue weighted by atomic mass is 10.0. The lowest BCUT2D eigenvalue weighted by molar-refractivity contribution is -0.859. The van der Waals surface area contributed by atoms with Crippen molar-refractivity contribution in [1.82, 2.24) is 5.32 Å². The number of aliphatic imine (C=N–C) groups is 1. The minimum atomic E-state index is 0.0391. The van der Waals surface area contributed by atoms with Crippen molar-refractivity contribution >= 4 is 11.7 Å². The summed E-state index contributed by atoms with van der Waals surface area (Å²) in [6.07, 6.45) is 29.8.